The predicted molar refractivity (Wildman–Crippen MR) is 119 cm³/mol. The molecule has 33 heavy (non-hydrogen) atoms. The van der Waals surface area contributed by atoms with Gasteiger partial charge in [-0.05, 0) is 73.5 Å². The molecular weight excluding hydrogens is 457 g/mol. The fraction of sp³-hybridized carbons (Fsp3) is 0.174. The van der Waals surface area contributed by atoms with Crippen LogP contribution in [0.4, 0.5) is 24.5 Å². The Labute approximate surface area is 189 Å². The van der Waals surface area contributed by atoms with E-state index in [2.05, 4.69) is 10.1 Å². The molecule has 3 aromatic carbocycles. The van der Waals surface area contributed by atoms with Crippen molar-refractivity contribution in [1.82, 2.24) is 0 Å². The van der Waals surface area contributed by atoms with E-state index in [0.717, 1.165) is 27.6 Å². The predicted octanol–water partition coefficient (Wildman–Crippen LogP) is 5.04. The first-order chi connectivity index (χ1) is 15.4. The van der Waals surface area contributed by atoms with Crippen molar-refractivity contribution >= 4 is 27.3 Å². The van der Waals surface area contributed by atoms with Gasteiger partial charge in [0.2, 0.25) is 5.91 Å². The van der Waals surface area contributed by atoms with Gasteiger partial charge in [0.1, 0.15) is 12.3 Å². The fourth-order valence-electron chi connectivity index (χ4n) is 3.20. The summed E-state index contributed by atoms with van der Waals surface area (Å²) in [5, 5.41) is 2.50. The summed E-state index contributed by atoms with van der Waals surface area (Å²) in [5.74, 6) is -1.11. The molecule has 0 radical (unpaired) electrons. The van der Waals surface area contributed by atoms with E-state index >= 15 is 0 Å². The number of nitrogens with one attached hydrogen (secondary N) is 1. The van der Waals surface area contributed by atoms with Gasteiger partial charge in [-0.15, -0.1) is 13.2 Å². The lowest BCUT2D eigenvalue weighted by atomic mass is 10.1. The number of ether oxygens (including phenoxy) is 1. The molecule has 0 aliphatic rings. The van der Waals surface area contributed by atoms with E-state index in [-0.39, 0.29) is 10.6 Å². The van der Waals surface area contributed by atoms with E-state index in [1.54, 1.807) is 30.3 Å². The summed E-state index contributed by atoms with van der Waals surface area (Å²) in [5.41, 5.74) is 2.14. The molecule has 0 fully saturated rings. The number of rotatable bonds is 7. The average molecular weight is 478 g/mol. The number of sulfonamides is 1. The van der Waals surface area contributed by atoms with Gasteiger partial charge in [0.25, 0.3) is 10.0 Å². The van der Waals surface area contributed by atoms with Crippen LogP contribution in [0.1, 0.15) is 11.1 Å². The lowest BCUT2D eigenvalue weighted by Crippen LogP contribution is -2.38. The molecular formula is C23H21F3N2O4S. The lowest BCUT2D eigenvalue weighted by molar-refractivity contribution is -0.274. The molecule has 0 heterocycles. The summed E-state index contributed by atoms with van der Waals surface area (Å²) >= 11 is 0. The molecule has 0 saturated carbocycles. The van der Waals surface area contributed by atoms with Crippen LogP contribution in [0.3, 0.4) is 0 Å². The summed E-state index contributed by atoms with van der Waals surface area (Å²) in [4.78, 5) is 12.7. The van der Waals surface area contributed by atoms with Crippen molar-refractivity contribution in [2.24, 2.45) is 0 Å². The number of alkyl halides is 3. The minimum atomic E-state index is -4.83. The molecule has 0 aliphatic heterocycles. The molecule has 0 unspecified atom stereocenters. The third kappa shape index (κ3) is 6.48. The first-order valence-electron chi connectivity index (χ1n) is 9.76. The minimum absolute atomic E-state index is 0.0191. The third-order valence-electron chi connectivity index (χ3n) is 4.48. The average Bonchev–Trinajstić information content (AvgIpc) is 2.72. The zero-order chi connectivity index (χ0) is 24.2. The summed E-state index contributed by atoms with van der Waals surface area (Å²) in [6, 6.07) is 17.4. The van der Waals surface area contributed by atoms with Crippen LogP contribution in [-0.4, -0.2) is 27.2 Å². The second-order valence-corrected chi connectivity index (χ2v) is 9.15. The van der Waals surface area contributed by atoms with Gasteiger partial charge in [0.05, 0.1) is 10.6 Å². The molecule has 0 saturated heterocycles. The molecule has 3 aromatic rings. The lowest BCUT2D eigenvalue weighted by Gasteiger charge is -2.25. The number of anilines is 2. The number of amides is 1. The number of halogens is 3. The van der Waals surface area contributed by atoms with Crippen LogP contribution in [0.25, 0.3) is 0 Å². The van der Waals surface area contributed by atoms with E-state index in [1.165, 1.54) is 24.3 Å². The SMILES string of the molecule is Cc1cc(C)cc(N(CC(=O)Nc2ccc(OC(F)(F)F)cc2)S(=O)(=O)c2ccccc2)c1. The monoisotopic (exact) mass is 478 g/mol. The van der Waals surface area contributed by atoms with Crippen LogP contribution in [0.5, 0.6) is 5.75 Å². The summed E-state index contributed by atoms with van der Waals surface area (Å²) < 4.78 is 68.4. The van der Waals surface area contributed by atoms with Crippen LogP contribution < -0.4 is 14.4 Å². The van der Waals surface area contributed by atoms with E-state index in [1.807, 2.05) is 19.9 Å². The van der Waals surface area contributed by atoms with Crippen LogP contribution >= 0.6 is 0 Å². The molecule has 0 spiro atoms. The van der Waals surface area contributed by atoms with Crippen LogP contribution in [0.2, 0.25) is 0 Å². The Hall–Kier alpha value is -3.53. The van der Waals surface area contributed by atoms with E-state index in [9.17, 15) is 26.4 Å². The van der Waals surface area contributed by atoms with E-state index in [4.69, 9.17) is 0 Å². The second-order valence-electron chi connectivity index (χ2n) is 7.29. The van der Waals surface area contributed by atoms with Gasteiger partial charge in [-0.25, -0.2) is 8.42 Å². The fourth-order valence-corrected chi connectivity index (χ4v) is 4.63. The third-order valence-corrected chi connectivity index (χ3v) is 6.27. The van der Waals surface area contributed by atoms with Gasteiger partial charge in [-0.1, -0.05) is 24.3 Å². The Bertz CT molecular complexity index is 1210. The summed E-state index contributed by atoms with van der Waals surface area (Å²) in [7, 11) is -4.07. The Morgan fingerprint density at radius 1 is 0.939 bits per heavy atom. The normalized spacial score (nSPS) is 11.7. The maximum Gasteiger partial charge on any atom is 0.573 e. The van der Waals surface area contributed by atoms with Gasteiger partial charge >= 0.3 is 6.36 Å². The smallest absolute Gasteiger partial charge is 0.406 e. The highest BCUT2D eigenvalue weighted by atomic mass is 32.2. The van der Waals surface area contributed by atoms with Gasteiger partial charge in [0, 0.05) is 5.69 Å². The summed E-state index contributed by atoms with van der Waals surface area (Å²) in [6.45, 7) is 3.09. The van der Waals surface area contributed by atoms with Gasteiger partial charge in [-0.2, -0.15) is 0 Å². The number of benzene rings is 3. The van der Waals surface area contributed by atoms with Crippen molar-refractivity contribution in [2.45, 2.75) is 25.1 Å². The highest BCUT2D eigenvalue weighted by Gasteiger charge is 2.31. The Morgan fingerprint density at radius 3 is 2.06 bits per heavy atom. The maximum absolute atomic E-state index is 13.3. The first-order valence-corrected chi connectivity index (χ1v) is 11.2. The number of aryl methyl sites for hydroxylation is 2. The van der Waals surface area contributed by atoms with Gasteiger partial charge in [0.15, 0.2) is 0 Å². The maximum atomic E-state index is 13.3. The number of nitrogens with zero attached hydrogens (tertiary/aromatic N) is 1. The highest BCUT2D eigenvalue weighted by Crippen LogP contribution is 2.27. The number of carbonyl (C=O) groups excluding carboxylic acids is 1. The number of hydrogen-bond acceptors (Lipinski definition) is 4. The molecule has 6 nitrogen and oxygen atoms in total. The van der Waals surface area contributed by atoms with Gasteiger partial charge < -0.3 is 10.1 Å². The Morgan fingerprint density at radius 2 is 1.52 bits per heavy atom. The standard InChI is InChI=1S/C23H21F3N2O4S/c1-16-12-17(2)14-19(13-16)28(33(30,31)21-6-4-3-5-7-21)15-22(29)27-18-8-10-20(11-9-18)32-23(24,25)26/h3-14H,15H2,1-2H3,(H,27,29). The van der Waals surface area contributed by atoms with Crippen LogP contribution in [0, 0.1) is 13.8 Å². The zero-order valence-corrected chi connectivity index (χ0v) is 18.6. The quantitative estimate of drug-likeness (QED) is 0.517. The Balaban J connectivity index is 1.86. The largest absolute Gasteiger partial charge is 0.573 e. The molecule has 0 bridgehead atoms. The molecule has 0 aliphatic carbocycles. The zero-order valence-electron chi connectivity index (χ0n) is 17.8. The Kier molecular flexibility index (Phi) is 6.97. The minimum Gasteiger partial charge on any atom is -0.406 e. The van der Waals surface area contributed by atoms with Crippen LogP contribution in [0.15, 0.2) is 77.7 Å². The van der Waals surface area contributed by atoms with Crippen molar-refractivity contribution < 1.29 is 31.1 Å². The molecule has 10 heteroatoms. The number of hydrogen-bond donors (Lipinski definition) is 1. The number of carbonyl (C=O) groups is 1. The van der Waals surface area contributed by atoms with Crippen LogP contribution in [-0.2, 0) is 14.8 Å². The molecule has 1 N–H and O–H groups in total. The van der Waals surface area contributed by atoms with Crippen molar-refractivity contribution in [3.63, 3.8) is 0 Å². The molecule has 3 rings (SSSR count). The topological polar surface area (TPSA) is 75.7 Å². The molecule has 0 atom stereocenters. The highest BCUT2D eigenvalue weighted by molar-refractivity contribution is 7.92. The second kappa shape index (κ2) is 9.53. The van der Waals surface area contributed by atoms with Crippen molar-refractivity contribution in [2.75, 3.05) is 16.2 Å². The molecule has 0 aromatic heterocycles. The van der Waals surface area contributed by atoms with Gasteiger partial charge in [-0.3, -0.25) is 9.10 Å². The van der Waals surface area contributed by atoms with E-state index in [0.29, 0.717) is 5.69 Å². The molecule has 174 valence electrons. The van der Waals surface area contributed by atoms with Crippen molar-refractivity contribution in [1.29, 1.82) is 0 Å². The summed E-state index contributed by atoms with van der Waals surface area (Å²) in [6.07, 6.45) is -4.83. The van der Waals surface area contributed by atoms with E-state index < -0.39 is 34.6 Å². The first kappa shape index (κ1) is 24.1. The molecule has 1 amide bonds. The van der Waals surface area contributed by atoms with Crippen molar-refractivity contribution in [3.8, 4) is 5.75 Å². The van der Waals surface area contributed by atoms with Crippen molar-refractivity contribution in [3.05, 3.63) is 83.9 Å².